The highest BCUT2D eigenvalue weighted by atomic mass is 16.4. The first-order valence-electron chi connectivity index (χ1n) is 14.4. The molecule has 0 aliphatic rings. The Labute approximate surface area is 253 Å². The third-order valence-corrected chi connectivity index (χ3v) is 7.02. The van der Waals surface area contributed by atoms with Crippen LogP contribution in [0.2, 0.25) is 0 Å². The molecule has 0 atom stereocenters. The lowest BCUT2D eigenvalue weighted by molar-refractivity contribution is -0.139. The van der Waals surface area contributed by atoms with Crippen LogP contribution in [0.3, 0.4) is 0 Å². The van der Waals surface area contributed by atoms with Crippen molar-refractivity contribution in [1.82, 2.24) is 19.6 Å². The molecule has 0 radical (unpaired) electrons. The van der Waals surface area contributed by atoms with Gasteiger partial charge in [-0.15, -0.1) is 0 Å². The van der Waals surface area contributed by atoms with Crippen LogP contribution < -0.4 is 0 Å². The molecule has 230 valence electrons. The zero-order valence-corrected chi connectivity index (χ0v) is 24.5. The smallest absolute Gasteiger partial charge is 0.317 e. The Morgan fingerprint density at radius 1 is 0.395 bits per heavy atom. The van der Waals surface area contributed by atoms with E-state index in [0.717, 1.165) is 16.7 Å². The minimum atomic E-state index is -0.909. The Bertz CT molecular complexity index is 1090. The Kier molecular flexibility index (Phi) is 14.3. The molecule has 3 rings (SSSR count). The van der Waals surface area contributed by atoms with Crippen LogP contribution in [0.4, 0.5) is 0 Å². The molecule has 0 unspecified atom stereocenters. The Morgan fingerprint density at radius 3 is 0.860 bits per heavy atom. The van der Waals surface area contributed by atoms with Gasteiger partial charge in [0.25, 0.3) is 0 Å². The quantitative estimate of drug-likeness (QED) is 0.171. The zero-order chi connectivity index (χ0) is 30.9. The second-order valence-corrected chi connectivity index (χ2v) is 10.6. The van der Waals surface area contributed by atoms with Crippen molar-refractivity contribution in [3.05, 3.63) is 108 Å². The minimum absolute atomic E-state index is 0.110. The summed E-state index contributed by atoms with van der Waals surface area (Å²) in [7, 11) is 0. The molecular formula is C33H42N4O6. The summed E-state index contributed by atoms with van der Waals surface area (Å²) in [6.07, 6.45) is 0. The number of benzene rings is 3. The van der Waals surface area contributed by atoms with Crippen molar-refractivity contribution < 1.29 is 29.7 Å². The molecule has 0 saturated heterocycles. The number of hydrogen-bond acceptors (Lipinski definition) is 7. The van der Waals surface area contributed by atoms with E-state index in [1.165, 1.54) is 0 Å². The van der Waals surface area contributed by atoms with Gasteiger partial charge in [-0.2, -0.15) is 0 Å². The molecule has 0 bridgehead atoms. The zero-order valence-electron chi connectivity index (χ0n) is 24.5. The molecule has 3 aromatic rings. The lowest BCUT2D eigenvalue weighted by Gasteiger charge is -2.31. The molecule has 0 amide bonds. The van der Waals surface area contributed by atoms with Gasteiger partial charge in [-0.1, -0.05) is 91.0 Å². The number of hydrogen-bond donors (Lipinski definition) is 3. The molecule has 10 nitrogen and oxygen atoms in total. The molecule has 43 heavy (non-hydrogen) atoms. The first-order valence-corrected chi connectivity index (χ1v) is 14.4. The average molecular weight is 591 g/mol. The summed E-state index contributed by atoms with van der Waals surface area (Å²) in [6.45, 7) is 4.19. The fourth-order valence-electron chi connectivity index (χ4n) is 4.92. The monoisotopic (exact) mass is 590 g/mol. The maximum atomic E-state index is 11.6. The van der Waals surface area contributed by atoms with Gasteiger partial charge in [-0.25, -0.2) is 0 Å². The van der Waals surface area contributed by atoms with E-state index in [2.05, 4.69) is 4.90 Å². The predicted molar refractivity (Wildman–Crippen MR) is 165 cm³/mol. The Hall–Kier alpha value is -4.09. The Balaban J connectivity index is 1.72. The lowest BCUT2D eigenvalue weighted by atomic mass is 10.2. The summed E-state index contributed by atoms with van der Waals surface area (Å²) in [5, 5.41) is 28.6. The summed E-state index contributed by atoms with van der Waals surface area (Å²) < 4.78 is 0. The molecule has 0 fully saturated rings. The fourth-order valence-corrected chi connectivity index (χ4v) is 4.92. The summed E-state index contributed by atoms with van der Waals surface area (Å²) in [5.74, 6) is -2.73. The molecule has 0 aliphatic carbocycles. The van der Waals surface area contributed by atoms with Crippen LogP contribution in [-0.4, -0.2) is 112 Å². The van der Waals surface area contributed by atoms with Crippen molar-refractivity contribution >= 4 is 17.9 Å². The van der Waals surface area contributed by atoms with Crippen LogP contribution in [0.15, 0.2) is 91.0 Å². The number of carboxylic acids is 3. The van der Waals surface area contributed by atoms with Crippen LogP contribution >= 0.6 is 0 Å². The first kappa shape index (κ1) is 33.4. The SMILES string of the molecule is O=C(O)CN(CCN(CCN(CC(=O)O)Cc1ccccc1)CCN(CC(=O)O)Cc1ccccc1)Cc1ccccc1. The number of nitrogens with zero attached hydrogens (tertiary/aromatic N) is 4. The van der Waals surface area contributed by atoms with E-state index in [1.54, 1.807) is 0 Å². The predicted octanol–water partition coefficient (Wildman–Crippen LogP) is 3.05. The van der Waals surface area contributed by atoms with E-state index in [1.807, 2.05) is 106 Å². The van der Waals surface area contributed by atoms with Crippen molar-refractivity contribution in [2.75, 3.05) is 58.9 Å². The largest absolute Gasteiger partial charge is 0.480 e. The van der Waals surface area contributed by atoms with E-state index in [-0.39, 0.29) is 19.6 Å². The topological polar surface area (TPSA) is 125 Å². The lowest BCUT2D eigenvalue weighted by Crippen LogP contribution is -2.44. The van der Waals surface area contributed by atoms with Gasteiger partial charge in [0.2, 0.25) is 0 Å². The van der Waals surface area contributed by atoms with Crippen LogP contribution in [0.25, 0.3) is 0 Å². The van der Waals surface area contributed by atoms with Gasteiger partial charge < -0.3 is 15.3 Å². The normalized spacial score (nSPS) is 11.4. The third kappa shape index (κ3) is 14.1. The highest BCUT2D eigenvalue weighted by Gasteiger charge is 2.18. The fraction of sp³-hybridized carbons (Fsp3) is 0.364. The van der Waals surface area contributed by atoms with Gasteiger partial charge in [0.1, 0.15) is 0 Å². The maximum absolute atomic E-state index is 11.6. The third-order valence-electron chi connectivity index (χ3n) is 7.02. The molecule has 0 aromatic heterocycles. The van der Waals surface area contributed by atoms with Gasteiger partial charge in [-0.3, -0.25) is 34.0 Å². The average Bonchev–Trinajstić information content (AvgIpc) is 2.97. The van der Waals surface area contributed by atoms with Gasteiger partial charge in [0.15, 0.2) is 0 Å². The number of carboxylic acid groups (broad SMARTS) is 3. The first-order chi connectivity index (χ1) is 20.8. The second-order valence-electron chi connectivity index (χ2n) is 10.6. The molecular weight excluding hydrogens is 548 g/mol. The van der Waals surface area contributed by atoms with Gasteiger partial charge in [0.05, 0.1) is 19.6 Å². The number of carbonyl (C=O) groups is 3. The van der Waals surface area contributed by atoms with Crippen LogP contribution in [0.1, 0.15) is 16.7 Å². The van der Waals surface area contributed by atoms with Crippen LogP contribution in [0, 0.1) is 0 Å². The summed E-state index contributed by atoms with van der Waals surface area (Å²) in [4.78, 5) is 42.7. The summed E-state index contributed by atoms with van der Waals surface area (Å²) >= 11 is 0. The second kappa shape index (κ2) is 18.4. The maximum Gasteiger partial charge on any atom is 0.317 e. The van der Waals surface area contributed by atoms with Crippen LogP contribution in [-0.2, 0) is 34.0 Å². The molecule has 0 heterocycles. The van der Waals surface area contributed by atoms with Crippen LogP contribution in [0.5, 0.6) is 0 Å². The molecule has 0 aliphatic heterocycles. The van der Waals surface area contributed by atoms with Gasteiger partial charge in [-0.05, 0) is 16.7 Å². The number of aliphatic carboxylic acids is 3. The van der Waals surface area contributed by atoms with Gasteiger partial charge >= 0.3 is 17.9 Å². The molecule has 3 N–H and O–H groups in total. The van der Waals surface area contributed by atoms with Crippen molar-refractivity contribution in [2.45, 2.75) is 19.6 Å². The summed E-state index contributed by atoms with van der Waals surface area (Å²) in [5.41, 5.74) is 3.05. The van der Waals surface area contributed by atoms with Crippen molar-refractivity contribution in [1.29, 1.82) is 0 Å². The number of rotatable bonds is 21. The minimum Gasteiger partial charge on any atom is -0.480 e. The van der Waals surface area contributed by atoms with Crippen molar-refractivity contribution in [3.63, 3.8) is 0 Å². The molecule has 3 aromatic carbocycles. The van der Waals surface area contributed by atoms with E-state index in [4.69, 9.17) is 0 Å². The standard InChI is InChI=1S/C33H42N4O6/c38-31(39)25-35(22-28-10-4-1-5-11-28)19-16-34(17-20-36(26-32(40)41)23-29-12-6-2-7-13-29)18-21-37(27-33(42)43)24-30-14-8-3-9-15-30/h1-15H,16-27H2,(H,38,39)(H,40,41)(H,42,43). The molecule has 10 heteroatoms. The van der Waals surface area contributed by atoms with Gasteiger partial charge in [0, 0.05) is 58.9 Å². The van der Waals surface area contributed by atoms with E-state index >= 15 is 0 Å². The van der Waals surface area contributed by atoms with Crippen molar-refractivity contribution in [3.8, 4) is 0 Å². The van der Waals surface area contributed by atoms with E-state index in [0.29, 0.717) is 58.9 Å². The molecule has 0 saturated carbocycles. The van der Waals surface area contributed by atoms with E-state index in [9.17, 15) is 29.7 Å². The Morgan fingerprint density at radius 2 is 0.628 bits per heavy atom. The van der Waals surface area contributed by atoms with Crippen molar-refractivity contribution in [2.24, 2.45) is 0 Å². The molecule has 0 spiro atoms. The highest BCUT2D eigenvalue weighted by molar-refractivity contribution is 5.69. The highest BCUT2D eigenvalue weighted by Crippen LogP contribution is 2.09. The van der Waals surface area contributed by atoms with E-state index < -0.39 is 17.9 Å². The summed E-state index contributed by atoms with van der Waals surface area (Å²) in [6, 6.07) is 29.1.